The number of aromatic nitrogens is 4. The van der Waals surface area contributed by atoms with Gasteiger partial charge in [0, 0.05) is 25.2 Å². The zero-order valence-electron chi connectivity index (χ0n) is 23.4. The molecule has 2 aromatic carbocycles. The summed E-state index contributed by atoms with van der Waals surface area (Å²) in [6.07, 6.45) is -0.0984. The first-order valence-electron chi connectivity index (χ1n) is 13.0. The first kappa shape index (κ1) is 28.9. The van der Waals surface area contributed by atoms with Crippen molar-refractivity contribution in [3.8, 4) is 11.5 Å². The van der Waals surface area contributed by atoms with Crippen molar-refractivity contribution in [2.75, 3.05) is 26.1 Å². The lowest BCUT2D eigenvalue weighted by Crippen LogP contribution is -2.26. The summed E-state index contributed by atoms with van der Waals surface area (Å²) in [4.78, 5) is 41.9. The monoisotopic (exact) mass is 563 g/mol. The van der Waals surface area contributed by atoms with Crippen LogP contribution in [-0.4, -0.2) is 58.0 Å². The number of anilines is 1. The number of benzene rings is 2. The minimum Gasteiger partial charge on any atom is -0.497 e. The van der Waals surface area contributed by atoms with Crippen molar-refractivity contribution in [1.29, 1.82) is 0 Å². The van der Waals surface area contributed by atoms with Gasteiger partial charge in [0.25, 0.3) is 5.91 Å². The highest BCUT2D eigenvalue weighted by Crippen LogP contribution is 2.31. The summed E-state index contributed by atoms with van der Waals surface area (Å²) in [6.45, 7) is 4.95. The molecule has 0 bridgehead atoms. The number of carbonyl (C=O) groups excluding carboxylic acids is 3. The Bertz CT molecular complexity index is 1580. The van der Waals surface area contributed by atoms with Crippen molar-refractivity contribution in [1.82, 2.24) is 24.6 Å². The molecule has 2 aromatic heterocycles. The van der Waals surface area contributed by atoms with Gasteiger partial charge in [-0.25, -0.2) is 9.78 Å². The molecule has 0 radical (unpaired) electrons. The standard InChI is InChI=1S/C28H33N7O6/c1-5-35-22(12-17(2)33-35)26(37)32-27-31-21-14-19(25(29)36)15-23(40-4)24(21)34(27)11-7-10-30-28(38)41-16-18-8-6-9-20(13-18)39-3/h6,8-9,12-15H,5,7,10-11,16H2,1-4H3,(H2,29,36)(H,30,38)(H,31,32,37). The van der Waals surface area contributed by atoms with E-state index in [0.717, 1.165) is 5.56 Å². The SMILES string of the molecule is CCn1nc(C)cc1C(=O)Nc1nc2cc(C(N)=O)cc(OC)c2n1CCCNC(=O)OCc1cccc(OC)c1. The van der Waals surface area contributed by atoms with Crippen LogP contribution in [0.2, 0.25) is 0 Å². The number of ether oxygens (including phenoxy) is 3. The Morgan fingerprint density at radius 2 is 1.88 bits per heavy atom. The van der Waals surface area contributed by atoms with E-state index >= 15 is 0 Å². The third-order valence-electron chi connectivity index (χ3n) is 6.30. The molecule has 0 aliphatic carbocycles. The van der Waals surface area contributed by atoms with Crippen LogP contribution in [0.5, 0.6) is 11.5 Å². The fourth-order valence-corrected chi connectivity index (χ4v) is 4.37. The molecular formula is C28H33N7O6. The van der Waals surface area contributed by atoms with E-state index in [2.05, 4.69) is 20.7 Å². The molecular weight excluding hydrogens is 530 g/mol. The van der Waals surface area contributed by atoms with Crippen molar-refractivity contribution >= 4 is 34.9 Å². The van der Waals surface area contributed by atoms with Crippen molar-refractivity contribution < 1.29 is 28.6 Å². The maximum Gasteiger partial charge on any atom is 0.407 e. The van der Waals surface area contributed by atoms with E-state index in [1.165, 1.54) is 13.2 Å². The maximum absolute atomic E-state index is 13.2. The molecule has 13 heteroatoms. The average molecular weight is 564 g/mol. The zero-order valence-corrected chi connectivity index (χ0v) is 23.4. The molecule has 4 N–H and O–H groups in total. The number of rotatable bonds is 12. The number of alkyl carbamates (subject to hydrolysis) is 1. The van der Waals surface area contributed by atoms with Crippen LogP contribution in [0.1, 0.15) is 45.4 Å². The molecule has 2 heterocycles. The predicted molar refractivity (Wildman–Crippen MR) is 151 cm³/mol. The first-order valence-corrected chi connectivity index (χ1v) is 13.0. The van der Waals surface area contributed by atoms with Crippen LogP contribution >= 0.6 is 0 Å². The molecule has 0 saturated heterocycles. The van der Waals surface area contributed by atoms with Crippen LogP contribution in [0.3, 0.4) is 0 Å². The summed E-state index contributed by atoms with van der Waals surface area (Å²) in [7, 11) is 3.04. The Hall–Kier alpha value is -5.07. The van der Waals surface area contributed by atoms with Gasteiger partial charge in [-0.05, 0) is 56.2 Å². The molecule has 13 nitrogen and oxygen atoms in total. The molecule has 0 atom stereocenters. The number of aryl methyl sites for hydroxylation is 3. The molecule has 4 rings (SSSR count). The third kappa shape index (κ3) is 6.75. The Kier molecular flexibility index (Phi) is 9.07. The number of hydrogen-bond acceptors (Lipinski definition) is 8. The molecule has 41 heavy (non-hydrogen) atoms. The number of primary amides is 1. The lowest BCUT2D eigenvalue weighted by atomic mass is 10.1. The Morgan fingerprint density at radius 3 is 2.59 bits per heavy atom. The number of methoxy groups -OCH3 is 2. The maximum atomic E-state index is 13.2. The summed E-state index contributed by atoms with van der Waals surface area (Å²) in [5, 5.41) is 9.93. The van der Waals surface area contributed by atoms with Gasteiger partial charge in [-0.3, -0.25) is 19.6 Å². The molecule has 0 saturated carbocycles. The largest absolute Gasteiger partial charge is 0.497 e. The van der Waals surface area contributed by atoms with E-state index in [4.69, 9.17) is 19.9 Å². The molecule has 0 spiro atoms. The molecule has 0 unspecified atom stereocenters. The van der Waals surface area contributed by atoms with E-state index in [9.17, 15) is 14.4 Å². The lowest BCUT2D eigenvalue weighted by molar-refractivity contribution is 0.0995. The molecule has 3 amide bonds. The smallest absolute Gasteiger partial charge is 0.407 e. The number of nitrogens with one attached hydrogen (secondary N) is 2. The van der Waals surface area contributed by atoms with Crippen molar-refractivity contribution in [3.05, 3.63) is 65.0 Å². The van der Waals surface area contributed by atoms with Crippen LogP contribution in [-0.2, 0) is 24.4 Å². The first-order chi connectivity index (χ1) is 19.7. The van der Waals surface area contributed by atoms with Crippen molar-refractivity contribution in [2.24, 2.45) is 5.73 Å². The highest BCUT2D eigenvalue weighted by atomic mass is 16.5. The van der Waals surface area contributed by atoms with Crippen LogP contribution in [0.15, 0.2) is 42.5 Å². The summed E-state index contributed by atoms with van der Waals surface area (Å²) in [6, 6.07) is 12.0. The number of nitrogens with zero attached hydrogens (tertiary/aromatic N) is 4. The molecule has 0 aliphatic rings. The van der Waals surface area contributed by atoms with Gasteiger partial charge in [0.15, 0.2) is 0 Å². The van der Waals surface area contributed by atoms with Gasteiger partial charge in [-0.2, -0.15) is 5.10 Å². The fraction of sp³-hybridized carbons (Fsp3) is 0.321. The number of carbonyl (C=O) groups is 3. The molecule has 216 valence electrons. The van der Waals surface area contributed by atoms with Crippen LogP contribution < -0.4 is 25.8 Å². The number of amides is 3. The van der Waals surface area contributed by atoms with E-state index in [1.54, 1.807) is 34.6 Å². The van der Waals surface area contributed by atoms with Gasteiger partial charge < -0.3 is 29.8 Å². The lowest BCUT2D eigenvalue weighted by Gasteiger charge is -2.13. The Labute approximate surface area is 236 Å². The third-order valence-corrected chi connectivity index (χ3v) is 6.30. The van der Waals surface area contributed by atoms with E-state index in [0.29, 0.717) is 53.4 Å². The quantitative estimate of drug-likeness (QED) is 0.221. The summed E-state index contributed by atoms with van der Waals surface area (Å²) < 4.78 is 19.4. The Morgan fingerprint density at radius 1 is 1.07 bits per heavy atom. The summed E-state index contributed by atoms with van der Waals surface area (Å²) in [5.41, 5.74) is 8.59. The topological polar surface area (TPSA) is 165 Å². The van der Waals surface area contributed by atoms with Gasteiger partial charge in [0.05, 0.1) is 25.4 Å². The van der Waals surface area contributed by atoms with Crippen molar-refractivity contribution in [2.45, 2.75) is 40.0 Å². The van der Waals surface area contributed by atoms with E-state index in [1.807, 2.05) is 32.0 Å². The number of fused-ring (bicyclic) bond motifs is 1. The number of nitrogens with two attached hydrogens (primary N) is 1. The van der Waals surface area contributed by atoms with Crippen LogP contribution in [0, 0.1) is 6.92 Å². The number of imidazole rings is 1. The minimum atomic E-state index is -0.635. The Balaban J connectivity index is 1.50. The van der Waals surface area contributed by atoms with Gasteiger partial charge in [0.1, 0.15) is 29.3 Å². The summed E-state index contributed by atoms with van der Waals surface area (Å²) in [5.74, 6) is 0.257. The number of hydrogen-bond donors (Lipinski definition) is 3. The predicted octanol–water partition coefficient (Wildman–Crippen LogP) is 3.25. The zero-order chi connectivity index (χ0) is 29.5. The average Bonchev–Trinajstić information content (AvgIpc) is 3.53. The molecule has 0 aliphatic heterocycles. The minimum absolute atomic E-state index is 0.0958. The molecule has 0 fully saturated rings. The highest BCUT2D eigenvalue weighted by Gasteiger charge is 2.21. The molecule has 4 aromatic rings. The summed E-state index contributed by atoms with van der Waals surface area (Å²) >= 11 is 0. The van der Waals surface area contributed by atoms with Crippen molar-refractivity contribution in [3.63, 3.8) is 0 Å². The highest BCUT2D eigenvalue weighted by molar-refractivity contribution is 6.04. The van der Waals surface area contributed by atoms with Gasteiger partial charge in [-0.1, -0.05) is 12.1 Å². The van der Waals surface area contributed by atoms with Gasteiger partial charge in [0.2, 0.25) is 11.9 Å². The van der Waals surface area contributed by atoms with Crippen LogP contribution in [0.4, 0.5) is 10.7 Å². The fourth-order valence-electron chi connectivity index (χ4n) is 4.37. The van der Waals surface area contributed by atoms with E-state index in [-0.39, 0.29) is 24.7 Å². The second-order valence-electron chi connectivity index (χ2n) is 9.15. The van der Waals surface area contributed by atoms with Crippen LogP contribution in [0.25, 0.3) is 11.0 Å². The van der Waals surface area contributed by atoms with E-state index < -0.39 is 17.9 Å². The van der Waals surface area contributed by atoms with Gasteiger partial charge >= 0.3 is 6.09 Å². The second kappa shape index (κ2) is 12.9. The van der Waals surface area contributed by atoms with Gasteiger partial charge in [-0.15, -0.1) is 0 Å². The normalized spacial score (nSPS) is 10.8. The second-order valence-corrected chi connectivity index (χ2v) is 9.15.